The van der Waals surface area contributed by atoms with Crippen molar-refractivity contribution in [1.29, 1.82) is 5.26 Å². The maximum absolute atomic E-state index is 8.89. The third kappa shape index (κ3) is 2.81. The first-order valence-corrected chi connectivity index (χ1v) is 6.98. The minimum absolute atomic E-state index is 0.707. The topological polar surface area (TPSA) is 27.0 Å². The number of benzene rings is 1. The summed E-state index contributed by atoms with van der Waals surface area (Å²) in [6.45, 7) is 4.55. The Morgan fingerprint density at radius 2 is 2.35 bits per heavy atom. The predicted molar refractivity (Wildman–Crippen MR) is 74.1 cm³/mol. The van der Waals surface area contributed by atoms with E-state index in [1.165, 1.54) is 24.9 Å². The fourth-order valence-electron chi connectivity index (χ4n) is 2.50. The minimum atomic E-state index is 0.707. The van der Waals surface area contributed by atoms with Gasteiger partial charge in [-0.1, -0.05) is 13.3 Å². The molecule has 0 aliphatic carbocycles. The number of nitrogens with zero attached hydrogens (tertiary/aromatic N) is 2. The van der Waals surface area contributed by atoms with Gasteiger partial charge in [0, 0.05) is 23.2 Å². The van der Waals surface area contributed by atoms with Gasteiger partial charge in [-0.2, -0.15) is 5.26 Å². The Hall–Kier alpha value is -1.01. The number of hydrogen-bond acceptors (Lipinski definition) is 2. The van der Waals surface area contributed by atoms with Crippen LogP contribution in [-0.2, 0) is 0 Å². The molecule has 1 atom stereocenters. The highest BCUT2D eigenvalue weighted by Crippen LogP contribution is 2.29. The molecule has 2 rings (SSSR count). The number of anilines is 1. The molecular formula is C14H17BrN2. The molecule has 0 amide bonds. The van der Waals surface area contributed by atoms with Gasteiger partial charge in [-0.3, -0.25) is 0 Å². The van der Waals surface area contributed by atoms with E-state index in [4.69, 9.17) is 5.26 Å². The Morgan fingerprint density at radius 3 is 3.00 bits per heavy atom. The third-order valence-corrected chi connectivity index (χ3v) is 4.08. The van der Waals surface area contributed by atoms with Crippen LogP contribution in [0.15, 0.2) is 22.7 Å². The van der Waals surface area contributed by atoms with Crippen LogP contribution in [0.2, 0.25) is 0 Å². The SMILES string of the molecule is CCCC1CCN(c2ccc(C#N)c(Br)c2)C1. The van der Waals surface area contributed by atoms with Crippen molar-refractivity contribution >= 4 is 21.6 Å². The molecule has 0 N–H and O–H groups in total. The summed E-state index contributed by atoms with van der Waals surface area (Å²) < 4.78 is 0.899. The summed E-state index contributed by atoms with van der Waals surface area (Å²) in [6.07, 6.45) is 3.90. The lowest BCUT2D eigenvalue weighted by molar-refractivity contribution is 0.530. The zero-order valence-electron chi connectivity index (χ0n) is 10.1. The maximum atomic E-state index is 8.89. The van der Waals surface area contributed by atoms with Gasteiger partial charge in [0.15, 0.2) is 0 Å². The van der Waals surface area contributed by atoms with E-state index in [1.807, 2.05) is 6.07 Å². The summed E-state index contributed by atoms with van der Waals surface area (Å²) in [5.74, 6) is 0.842. The van der Waals surface area contributed by atoms with Crippen molar-refractivity contribution in [3.05, 3.63) is 28.2 Å². The number of rotatable bonds is 3. The first kappa shape index (κ1) is 12.4. The first-order valence-electron chi connectivity index (χ1n) is 6.19. The van der Waals surface area contributed by atoms with Gasteiger partial charge in [0.2, 0.25) is 0 Å². The molecule has 1 aromatic rings. The Labute approximate surface area is 111 Å². The van der Waals surface area contributed by atoms with Crippen molar-refractivity contribution in [1.82, 2.24) is 0 Å². The molecule has 90 valence electrons. The van der Waals surface area contributed by atoms with Crippen molar-refractivity contribution in [2.24, 2.45) is 5.92 Å². The van der Waals surface area contributed by atoms with Gasteiger partial charge >= 0.3 is 0 Å². The first-order chi connectivity index (χ1) is 8.24. The van der Waals surface area contributed by atoms with Crippen molar-refractivity contribution in [3.8, 4) is 6.07 Å². The van der Waals surface area contributed by atoms with Gasteiger partial charge in [-0.15, -0.1) is 0 Å². The van der Waals surface area contributed by atoms with E-state index in [0.717, 1.165) is 23.5 Å². The summed E-state index contributed by atoms with van der Waals surface area (Å²) in [7, 11) is 0. The van der Waals surface area contributed by atoms with Gasteiger partial charge in [0.25, 0.3) is 0 Å². The zero-order chi connectivity index (χ0) is 12.3. The van der Waals surface area contributed by atoms with Gasteiger partial charge in [0.1, 0.15) is 6.07 Å². The Balaban J connectivity index is 2.09. The van der Waals surface area contributed by atoms with Crippen LogP contribution in [0.5, 0.6) is 0 Å². The molecule has 1 aliphatic rings. The van der Waals surface area contributed by atoms with Crippen molar-refractivity contribution in [2.75, 3.05) is 18.0 Å². The molecule has 1 fully saturated rings. The monoisotopic (exact) mass is 292 g/mol. The average Bonchev–Trinajstić information content (AvgIpc) is 2.78. The second kappa shape index (κ2) is 5.55. The van der Waals surface area contributed by atoms with Crippen molar-refractivity contribution in [2.45, 2.75) is 26.2 Å². The Bertz CT molecular complexity index is 436. The second-order valence-corrected chi connectivity index (χ2v) is 5.52. The zero-order valence-corrected chi connectivity index (χ0v) is 11.7. The van der Waals surface area contributed by atoms with Crippen LogP contribution >= 0.6 is 15.9 Å². The number of hydrogen-bond donors (Lipinski definition) is 0. The summed E-state index contributed by atoms with van der Waals surface area (Å²) in [4.78, 5) is 2.42. The van der Waals surface area contributed by atoms with Crippen LogP contribution in [-0.4, -0.2) is 13.1 Å². The van der Waals surface area contributed by atoms with E-state index in [1.54, 1.807) is 0 Å². The average molecular weight is 293 g/mol. The lowest BCUT2D eigenvalue weighted by atomic mass is 10.0. The highest BCUT2D eigenvalue weighted by atomic mass is 79.9. The van der Waals surface area contributed by atoms with E-state index in [2.05, 4.69) is 46.0 Å². The molecule has 0 aromatic heterocycles. The summed E-state index contributed by atoms with van der Waals surface area (Å²) in [5.41, 5.74) is 1.94. The molecule has 3 heteroatoms. The van der Waals surface area contributed by atoms with E-state index in [-0.39, 0.29) is 0 Å². The molecule has 0 saturated carbocycles. The minimum Gasteiger partial charge on any atom is -0.371 e. The van der Waals surface area contributed by atoms with Gasteiger partial charge in [-0.05, 0) is 52.9 Å². The number of nitriles is 1. The largest absolute Gasteiger partial charge is 0.371 e. The van der Waals surface area contributed by atoms with Gasteiger partial charge in [-0.25, -0.2) is 0 Å². The smallest absolute Gasteiger partial charge is 0.100 e. The molecule has 2 nitrogen and oxygen atoms in total. The number of halogens is 1. The van der Waals surface area contributed by atoms with E-state index in [9.17, 15) is 0 Å². The van der Waals surface area contributed by atoms with Gasteiger partial charge < -0.3 is 4.90 Å². The van der Waals surface area contributed by atoms with Crippen LogP contribution in [0, 0.1) is 17.2 Å². The highest BCUT2D eigenvalue weighted by Gasteiger charge is 2.22. The molecule has 1 saturated heterocycles. The Kier molecular flexibility index (Phi) is 4.06. The maximum Gasteiger partial charge on any atom is 0.100 e. The standard InChI is InChI=1S/C14H17BrN2/c1-2-3-11-6-7-17(10-11)13-5-4-12(9-16)14(15)8-13/h4-5,8,11H,2-3,6-7,10H2,1H3. The molecular weight excluding hydrogens is 276 g/mol. The third-order valence-electron chi connectivity index (χ3n) is 3.42. The normalized spacial score (nSPS) is 19.4. The molecule has 1 heterocycles. The van der Waals surface area contributed by atoms with Crippen LogP contribution in [0.25, 0.3) is 0 Å². The molecule has 0 spiro atoms. The second-order valence-electron chi connectivity index (χ2n) is 4.67. The lowest BCUT2D eigenvalue weighted by Crippen LogP contribution is -2.19. The van der Waals surface area contributed by atoms with E-state index < -0.39 is 0 Å². The Morgan fingerprint density at radius 1 is 1.53 bits per heavy atom. The summed E-state index contributed by atoms with van der Waals surface area (Å²) in [5, 5.41) is 8.89. The fraction of sp³-hybridized carbons (Fsp3) is 0.500. The fourth-order valence-corrected chi connectivity index (χ4v) is 2.96. The summed E-state index contributed by atoms with van der Waals surface area (Å²) >= 11 is 3.45. The van der Waals surface area contributed by atoms with E-state index >= 15 is 0 Å². The molecule has 1 aromatic carbocycles. The van der Waals surface area contributed by atoms with Crippen molar-refractivity contribution < 1.29 is 0 Å². The van der Waals surface area contributed by atoms with Crippen LogP contribution < -0.4 is 4.90 Å². The lowest BCUT2D eigenvalue weighted by Gasteiger charge is -2.19. The molecule has 0 radical (unpaired) electrons. The predicted octanol–water partition coefficient (Wildman–Crippen LogP) is 3.95. The summed E-state index contributed by atoms with van der Waals surface area (Å²) in [6, 6.07) is 8.19. The van der Waals surface area contributed by atoms with Gasteiger partial charge in [0.05, 0.1) is 5.56 Å². The van der Waals surface area contributed by atoms with Crippen LogP contribution in [0.1, 0.15) is 31.7 Å². The van der Waals surface area contributed by atoms with Crippen LogP contribution in [0.3, 0.4) is 0 Å². The van der Waals surface area contributed by atoms with E-state index in [0.29, 0.717) is 5.56 Å². The van der Waals surface area contributed by atoms with Crippen LogP contribution in [0.4, 0.5) is 5.69 Å². The quantitative estimate of drug-likeness (QED) is 0.843. The molecule has 17 heavy (non-hydrogen) atoms. The molecule has 1 aliphatic heterocycles. The molecule has 0 bridgehead atoms. The molecule has 1 unspecified atom stereocenters. The van der Waals surface area contributed by atoms with Crippen molar-refractivity contribution in [3.63, 3.8) is 0 Å². The highest BCUT2D eigenvalue weighted by molar-refractivity contribution is 9.10.